The Kier molecular flexibility index (Phi) is 5.92. The Hall–Kier alpha value is -2.15. The second-order valence-electron chi connectivity index (χ2n) is 5.12. The average molecular weight is 337 g/mol. The summed E-state index contributed by atoms with van der Waals surface area (Å²) in [6, 6.07) is 4.04. The molecule has 2 rings (SSSR count). The zero-order valence-corrected chi connectivity index (χ0v) is 14.2. The molecule has 1 atom stereocenters. The Morgan fingerprint density at radius 1 is 1.48 bits per heavy atom. The van der Waals surface area contributed by atoms with E-state index in [9.17, 15) is 9.18 Å². The minimum Gasteiger partial charge on any atom is -0.494 e. The van der Waals surface area contributed by atoms with Crippen molar-refractivity contribution in [3.63, 3.8) is 0 Å². The molecule has 1 heterocycles. The molecule has 0 saturated carbocycles. The second kappa shape index (κ2) is 7.92. The molecule has 2 N–H and O–H groups in total. The molecule has 7 heteroatoms. The third-order valence-electron chi connectivity index (χ3n) is 3.36. The first kappa shape index (κ1) is 17.2. The molecule has 23 heavy (non-hydrogen) atoms. The number of halogens is 1. The number of aromatic nitrogens is 1. The molecule has 5 nitrogen and oxygen atoms in total. The third kappa shape index (κ3) is 4.92. The summed E-state index contributed by atoms with van der Waals surface area (Å²) in [4.78, 5) is 16.2. The second-order valence-corrected chi connectivity index (χ2v) is 6.19. The van der Waals surface area contributed by atoms with Crippen LogP contribution in [0.25, 0.3) is 0 Å². The van der Waals surface area contributed by atoms with Gasteiger partial charge in [0.05, 0.1) is 23.9 Å². The summed E-state index contributed by atoms with van der Waals surface area (Å²) in [5, 5.41) is 8.55. The topological polar surface area (TPSA) is 63.2 Å². The molecule has 0 radical (unpaired) electrons. The molecule has 0 aliphatic heterocycles. The van der Waals surface area contributed by atoms with Gasteiger partial charge in [-0.25, -0.2) is 14.2 Å². The Labute approximate surface area is 138 Å². The molecule has 0 aliphatic rings. The van der Waals surface area contributed by atoms with Gasteiger partial charge in [-0.2, -0.15) is 0 Å². The van der Waals surface area contributed by atoms with E-state index in [0.717, 1.165) is 10.7 Å². The third-order valence-corrected chi connectivity index (χ3v) is 4.18. The summed E-state index contributed by atoms with van der Waals surface area (Å²) >= 11 is 1.59. The van der Waals surface area contributed by atoms with E-state index in [4.69, 9.17) is 4.74 Å². The molecule has 0 fully saturated rings. The summed E-state index contributed by atoms with van der Waals surface area (Å²) in [5.74, 6) is -0.262. The van der Waals surface area contributed by atoms with Crippen molar-refractivity contribution >= 4 is 17.4 Å². The first-order chi connectivity index (χ1) is 11.0. The van der Waals surface area contributed by atoms with Gasteiger partial charge in [0.1, 0.15) is 0 Å². The van der Waals surface area contributed by atoms with E-state index < -0.39 is 5.82 Å². The molecule has 0 spiro atoms. The molecule has 124 valence electrons. The number of nitrogens with one attached hydrogen (secondary N) is 2. The highest BCUT2D eigenvalue weighted by molar-refractivity contribution is 7.09. The normalized spacial score (nSPS) is 11.8. The van der Waals surface area contributed by atoms with Crippen molar-refractivity contribution in [2.75, 3.05) is 13.7 Å². The maximum atomic E-state index is 13.7. The van der Waals surface area contributed by atoms with Crippen LogP contribution in [0, 0.1) is 12.7 Å². The highest BCUT2D eigenvalue weighted by atomic mass is 32.1. The Balaban J connectivity index is 1.81. The number of methoxy groups -OCH3 is 1. The maximum Gasteiger partial charge on any atom is 0.315 e. The number of ether oxygens (including phenoxy) is 1. The lowest BCUT2D eigenvalue weighted by Crippen LogP contribution is -2.38. The van der Waals surface area contributed by atoms with Gasteiger partial charge in [-0.3, -0.25) is 0 Å². The lowest BCUT2D eigenvalue weighted by molar-refractivity contribution is 0.238. The number of benzene rings is 1. The van der Waals surface area contributed by atoms with Gasteiger partial charge in [0, 0.05) is 18.3 Å². The fraction of sp³-hybridized carbons (Fsp3) is 0.375. The Morgan fingerprint density at radius 2 is 2.26 bits per heavy atom. The molecule has 2 aromatic rings. The average Bonchev–Trinajstić information content (AvgIpc) is 2.92. The van der Waals surface area contributed by atoms with Crippen LogP contribution in [0.2, 0.25) is 0 Å². The van der Waals surface area contributed by atoms with Gasteiger partial charge in [0.2, 0.25) is 0 Å². The molecule has 2 amide bonds. The fourth-order valence-corrected chi connectivity index (χ4v) is 2.76. The number of rotatable bonds is 6. The lowest BCUT2D eigenvalue weighted by atomic mass is 10.1. The van der Waals surface area contributed by atoms with Crippen molar-refractivity contribution < 1.29 is 13.9 Å². The number of carbonyl (C=O) groups is 1. The number of nitrogens with zero attached hydrogens (tertiary/aromatic N) is 1. The quantitative estimate of drug-likeness (QED) is 0.851. The monoisotopic (exact) mass is 337 g/mol. The van der Waals surface area contributed by atoms with Crippen molar-refractivity contribution in [2.45, 2.75) is 26.3 Å². The van der Waals surface area contributed by atoms with Gasteiger partial charge in [-0.05, 0) is 31.5 Å². The van der Waals surface area contributed by atoms with Crippen molar-refractivity contribution in [3.05, 3.63) is 45.7 Å². The first-order valence-corrected chi connectivity index (χ1v) is 8.16. The molecule has 0 aliphatic carbocycles. The fourth-order valence-electron chi connectivity index (χ4n) is 2.11. The van der Waals surface area contributed by atoms with Crippen molar-refractivity contribution in [2.24, 2.45) is 0 Å². The van der Waals surface area contributed by atoms with E-state index in [1.165, 1.54) is 13.2 Å². The van der Waals surface area contributed by atoms with Crippen molar-refractivity contribution in [1.82, 2.24) is 15.6 Å². The molecule has 1 aromatic carbocycles. The maximum absolute atomic E-state index is 13.7. The van der Waals surface area contributed by atoms with E-state index in [1.54, 1.807) is 30.4 Å². The van der Waals surface area contributed by atoms with Crippen LogP contribution in [0.4, 0.5) is 9.18 Å². The van der Waals surface area contributed by atoms with Crippen molar-refractivity contribution in [3.8, 4) is 5.75 Å². The highest BCUT2D eigenvalue weighted by Crippen LogP contribution is 2.21. The van der Waals surface area contributed by atoms with Gasteiger partial charge in [-0.15, -0.1) is 11.3 Å². The minimum atomic E-state index is -0.446. The predicted molar refractivity (Wildman–Crippen MR) is 88.5 cm³/mol. The zero-order chi connectivity index (χ0) is 16.8. The van der Waals surface area contributed by atoms with E-state index >= 15 is 0 Å². The molecule has 0 saturated heterocycles. The Bertz CT molecular complexity index is 675. The molecular weight excluding hydrogens is 317 g/mol. The minimum absolute atomic E-state index is 0.184. The van der Waals surface area contributed by atoms with E-state index in [2.05, 4.69) is 15.6 Å². The number of urea groups is 1. The molecule has 0 unspecified atom stereocenters. The van der Waals surface area contributed by atoms with Gasteiger partial charge in [0.25, 0.3) is 0 Å². The Morgan fingerprint density at radius 3 is 2.87 bits per heavy atom. The summed E-state index contributed by atoms with van der Waals surface area (Å²) in [5.41, 5.74) is 1.65. The zero-order valence-electron chi connectivity index (χ0n) is 13.4. The lowest BCUT2D eigenvalue weighted by Gasteiger charge is -2.15. The SMILES string of the molecule is COc1ccc([C@@H](C)NC(=O)NCCc2csc(C)n2)cc1F. The number of hydrogen-bond acceptors (Lipinski definition) is 4. The molecule has 0 bridgehead atoms. The van der Waals surface area contributed by atoms with Gasteiger partial charge < -0.3 is 15.4 Å². The van der Waals surface area contributed by atoms with Gasteiger partial charge >= 0.3 is 6.03 Å². The van der Waals surface area contributed by atoms with Crippen LogP contribution in [0.3, 0.4) is 0 Å². The summed E-state index contributed by atoms with van der Waals surface area (Å²) < 4.78 is 18.6. The number of carbonyl (C=O) groups excluding carboxylic acids is 1. The largest absolute Gasteiger partial charge is 0.494 e. The van der Waals surface area contributed by atoms with Crippen LogP contribution in [0.5, 0.6) is 5.75 Å². The van der Waals surface area contributed by atoms with Crippen molar-refractivity contribution in [1.29, 1.82) is 0 Å². The van der Waals surface area contributed by atoms with Crippen LogP contribution < -0.4 is 15.4 Å². The van der Waals surface area contributed by atoms with Gasteiger partial charge in [0.15, 0.2) is 11.6 Å². The smallest absolute Gasteiger partial charge is 0.315 e. The predicted octanol–water partition coefficient (Wildman–Crippen LogP) is 3.20. The van der Waals surface area contributed by atoms with Gasteiger partial charge in [-0.1, -0.05) is 6.07 Å². The number of hydrogen-bond donors (Lipinski definition) is 2. The van der Waals surface area contributed by atoms with Crippen LogP contribution in [-0.4, -0.2) is 24.7 Å². The van der Waals surface area contributed by atoms with Crippen LogP contribution in [0.15, 0.2) is 23.6 Å². The number of thiazole rings is 1. The van der Waals surface area contributed by atoms with E-state index in [0.29, 0.717) is 18.5 Å². The number of amides is 2. The summed E-state index contributed by atoms with van der Waals surface area (Å²) in [6.45, 7) is 4.24. The summed E-state index contributed by atoms with van der Waals surface area (Å²) in [6.07, 6.45) is 0.684. The first-order valence-electron chi connectivity index (χ1n) is 7.28. The van der Waals surface area contributed by atoms with Crippen LogP contribution in [0.1, 0.15) is 29.2 Å². The van der Waals surface area contributed by atoms with E-state index in [1.807, 2.05) is 12.3 Å². The highest BCUT2D eigenvalue weighted by Gasteiger charge is 2.12. The molecular formula is C16H20FN3O2S. The van der Waals surface area contributed by atoms with Crippen LogP contribution in [-0.2, 0) is 6.42 Å². The van der Waals surface area contributed by atoms with Crippen LogP contribution >= 0.6 is 11.3 Å². The standard InChI is InChI=1S/C16H20FN3O2S/c1-10(12-4-5-15(22-3)14(17)8-12)19-16(21)18-7-6-13-9-23-11(2)20-13/h4-5,8-10H,6-7H2,1-3H3,(H2,18,19,21)/t10-/m1/s1. The molecule has 1 aromatic heterocycles. The number of aryl methyl sites for hydroxylation is 1. The van der Waals surface area contributed by atoms with E-state index in [-0.39, 0.29) is 17.8 Å². The summed E-state index contributed by atoms with van der Waals surface area (Å²) in [7, 11) is 1.41.